The maximum Gasteiger partial charge on any atom is 0.258 e. The molecule has 0 radical (unpaired) electrons. The number of aromatic nitrogens is 1. The molecule has 1 amide bonds. The molecule has 0 N–H and O–H groups in total. The minimum absolute atomic E-state index is 0.0547. The van der Waals surface area contributed by atoms with Gasteiger partial charge in [0, 0.05) is 35.6 Å². The van der Waals surface area contributed by atoms with Gasteiger partial charge in [0.15, 0.2) is 0 Å². The van der Waals surface area contributed by atoms with Crippen molar-refractivity contribution in [2.24, 2.45) is 5.41 Å². The van der Waals surface area contributed by atoms with Crippen molar-refractivity contribution in [2.75, 3.05) is 24.5 Å². The van der Waals surface area contributed by atoms with Crippen molar-refractivity contribution >= 4 is 23.2 Å². The number of nitrogens with zero attached hydrogens (tertiary/aromatic N) is 3. The number of carbonyl (C=O) groups excluding carboxylic acids is 1. The topological polar surface area (TPSA) is 36.4 Å². The van der Waals surface area contributed by atoms with Crippen LogP contribution in [0, 0.1) is 5.41 Å². The van der Waals surface area contributed by atoms with Gasteiger partial charge in [-0.15, -0.1) is 0 Å². The summed E-state index contributed by atoms with van der Waals surface area (Å²) in [5.74, 6) is 0.0547. The highest BCUT2D eigenvalue weighted by Gasteiger charge is 2.42. The summed E-state index contributed by atoms with van der Waals surface area (Å²) in [6.07, 6.45) is 5.06. The maximum atomic E-state index is 13.5. The minimum Gasteiger partial charge on any atom is -0.308 e. The summed E-state index contributed by atoms with van der Waals surface area (Å²) >= 11 is 6.04. The molecular weight excluding hydrogens is 406 g/mol. The number of benzene rings is 2. The third-order valence-corrected chi connectivity index (χ3v) is 6.96. The van der Waals surface area contributed by atoms with Gasteiger partial charge in [-0.25, -0.2) is 0 Å². The van der Waals surface area contributed by atoms with Crippen molar-refractivity contribution in [3.63, 3.8) is 0 Å². The lowest BCUT2D eigenvalue weighted by atomic mass is 9.70. The first kappa shape index (κ1) is 20.2. The van der Waals surface area contributed by atoms with Crippen molar-refractivity contribution in [1.29, 1.82) is 0 Å². The molecule has 0 unspecified atom stereocenters. The average molecular weight is 432 g/mol. The highest BCUT2D eigenvalue weighted by molar-refractivity contribution is 6.30. The number of para-hydroxylation sites is 1. The fourth-order valence-electron chi connectivity index (χ4n) is 4.97. The van der Waals surface area contributed by atoms with Crippen LogP contribution in [-0.4, -0.2) is 35.4 Å². The van der Waals surface area contributed by atoms with Gasteiger partial charge in [0.25, 0.3) is 5.91 Å². The number of carbonyl (C=O) groups is 1. The van der Waals surface area contributed by atoms with E-state index in [1.54, 1.807) is 12.1 Å². The number of rotatable bonds is 3. The van der Waals surface area contributed by atoms with E-state index in [4.69, 9.17) is 11.6 Å². The Bertz CT molecular complexity index is 1060. The lowest BCUT2D eigenvalue weighted by Crippen LogP contribution is -2.51. The monoisotopic (exact) mass is 431 g/mol. The summed E-state index contributed by atoms with van der Waals surface area (Å²) in [6, 6.07) is 21.7. The highest BCUT2D eigenvalue weighted by atomic mass is 35.5. The molecule has 2 aliphatic heterocycles. The molecule has 3 heterocycles. The summed E-state index contributed by atoms with van der Waals surface area (Å²) in [7, 11) is 0. The molecular formula is C26H26ClN3O. The second-order valence-electron chi connectivity index (χ2n) is 8.80. The van der Waals surface area contributed by atoms with Gasteiger partial charge in [-0.1, -0.05) is 35.9 Å². The van der Waals surface area contributed by atoms with Crippen LogP contribution in [0.4, 0.5) is 5.69 Å². The molecule has 2 aliphatic rings. The van der Waals surface area contributed by atoms with E-state index >= 15 is 0 Å². The molecule has 1 saturated heterocycles. The molecule has 1 fully saturated rings. The molecule has 5 heteroatoms. The third kappa shape index (κ3) is 4.23. The van der Waals surface area contributed by atoms with E-state index < -0.39 is 0 Å². The Labute approximate surface area is 188 Å². The molecule has 1 spiro atoms. The van der Waals surface area contributed by atoms with E-state index in [0.717, 1.165) is 56.8 Å². The van der Waals surface area contributed by atoms with Crippen LogP contribution < -0.4 is 4.90 Å². The Kier molecular flexibility index (Phi) is 5.51. The Balaban J connectivity index is 1.36. The summed E-state index contributed by atoms with van der Waals surface area (Å²) in [5, 5.41) is 0.646. The quantitative estimate of drug-likeness (QED) is 0.570. The first-order chi connectivity index (χ1) is 15.1. The van der Waals surface area contributed by atoms with E-state index in [-0.39, 0.29) is 11.3 Å². The summed E-state index contributed by atoms with van der Waals surface area (Å²) in [5.41, 5.74) is 4.24. The predicted molar refractivity (Wildman–Crippen MR) is 124 cm³/mol. The van der Waals surface area contributed by atoms with Crippen LogP contribution in [0.3, 0.4) is 0 Å². The number of hydrogen-bond donors (Lipinski definition) is 0. The first-order valence-corrected chi connectivity index (χ1v) is 11.3. The molecule has 0 aliphatic carbocycles. The Morgan fingerprint density at radius 3 is 2.45 bits per heavy atom. The SMILES string of the molecule is O=C(c1ccc(Cl)cc1)N1CC2(CCN(Cc3ccccn3)CC2)Cc2ccccc21. The van der Waals surface area contributed by atoms with Crippen LogP contribution in [0.5, 0.6) is 0 Å². The van der Waals surface area contributed by atoms with Gasteiger partial charge in [-0.3, -0.25) is 14.7 Å². The minimum atomic E-state index is 0.0547. The molecule has 4 nitrogen and oxygen atoms in total. The number of piperidine rings is 1. The van der Waals surface area contributed by atoms with Gasteiger partial charge in [0.1, 0.15) is 0 Å². The zero-order valence-corrected chi connectivity index (χ0v) is 18.3. The van der Waals surface area contributed by atoms with Gasteiger partial charge in [0.05, 0.1) is 5.69 Å². The number of pyridine rings is 1. The molecule has 0 bridgehead atoms. The molecule has 31 heavy (non-hydrogen) atoms. The van der Waals surface area contributed by atoms with Crippen LogP contribution in [0.15, 0.2) is 72.9 Å². The van der Waals surface area contributed by atoms with Gasteiger partial charge in [0.2, 0.25) is 0 Å². The standard InChI is InChI=1S/C26H26ClN3O/c27-22-10-8-20(9-11-22)25(31)30-19-26(17-21-5-1-2-7-24(21)30)12-15-29(16-13-26)18-23-6-3-4-14-28-23/h1-11,14H,12-13,15-19H2. The Hall–Kier alpha value is -2.69. The molecule has 158 valence electrons. The van der Waals surface area contributed by atoms with Crippen LogP contribution in [0.2, 0.25) is 5.02 Å². The largest absolute Gasteiger partial charge is 0.308 e. The number of anilines is 1. The van der Waals surface area contributed by atoms with Crippen LogP contribution in [0.1, 0.15) is 34.5 Å². The van der Waals surface area contributed by atoms with Gasteiger partial charge in [-0.2, -0.15) is 0 Å². The lowest BCUT2D eigenvalue weighted by Gasteiger charge is -2.48. The van der Waals surface area contributed by atoms with Crippen molar-refractivity contribution in [1.82, 2.24) is 9.88 Å². The van der Waals surface area contributed by atoms with E-state index in [1.165, 1.54) is 5.56 Å². The van der Waals surface area contributed by atoms with Crippen LogP contribution in [-0.2, 0) is 13.0 Å². The van der Waals surface area contributed by atoms with Crippen LogP contribution >= 0.6 is 11.6 Å². The lowest BCUT2D eigenvalue weighted by molar-refractivity contribution is 0.0844. The highest BCUT2D eigenvalue weighted by Crippen LogP contribution is 2.43. The molecule has 1 aromatic heterocycles. The zero-order valence-electron chi connectivity index (χ0n) is 17.5. The molecule has 0 saturated carbocycles. The Morgan fingerprint density at radius 2 is 1.71 bits per heavy atom. The third-order valence-electron chi connectivity index (χ3n) is 6.71. The second-order valence-corrected chi connectivity index (χ2v) is 9.24. The number of hydrogen-bond acceptors (Lipinski definition) is 3. The fourth-order valence-corrected chi connectivity index (χ4v) is 5.10. The van der Waals surface area contributed by atoms with E-state index in [2.05, 4.69) is 34.1 Å². The average Bonchev–Trinajstić information content (AvgIpc) is 2.81. The number of halogens is 1. The number of likely N-dealkylation sites (tertiary alicyclic amines) is 1. The van der Waals surface area contributed by atoms with Crippen molar-refractivity contribution < 1.29 is 4.79 Å². The zero-order chi connectivity index (χ0) is 21.3. The van der Waals surface area contributed by atoms with E-state index in [1.807, 2.05) is 41.4 Å². The predicted octanol–water partition coefficient (Wildman–Crippen LogP) is 5.22. The summed E-state index contributed by atoms with van der Waals surface area (Å²) in [6.45, 7) is 3.72. The molecule has 0 atom stereocenters. The molecule has 5 rings (SSSR count). The van der Waals surface area contributed by atoms with Crippen molar-refractivity contribution in [3.8, 4) is 0 Å². The normalized spacial score (nSPS) is 18.0. The number of fused-ring (bicyclic) bond motifs is 1. The maximum absolute atomic E-state index is 13.5. The summed E-state index contributed by atoms with van der Waals surface area (Å²) < 4.78 is 0. The summed E-state index contributed by atoms with van der Waals surface area (Å²) in [4.78, 5) is 22.4. The van der Waals surface area contributed by atoms with Gasteiger partial charge >= 0.3 is 0 Å². The first-order valence-electron chi connectivity index (χ1n) is 10.9. The fraction of sp³-hybridized carbons (Fsp3) is 0.308. The number of amides is 1. The van der Waals surface area contributed by atoms with Crippen molar-refractivity contribution in [3.05, 3.63) is 94.8 Å². The van der Waals surface area contributed by atoms with Crippen LogP contribution in [0.25, 0.3) is 0 Å². The van der Waals surface area contributed by atoms with E-state index in [9.17, 15) is 4.79 Å². The van der Waals surface area contributed by atoms with Crippen molar-refractivity contribution in [2.45, 2.75) is 25.8 Å². The van der Waals surface area contributed by atoms with Gasteiger partial charge in [-0.05, 0) is 85.8 Å². The molecule has 2 aromatic carbocycles. The Morgan fingerprint density at radius 1 is 0.968 bits per heavy atom. The smallest absolute Gasteiger partial charge is 0.258 e. The van der Waals surface area contributed by atoms with Gasteiger partial charge < -0.3 is 4.90 Å². The van der Waals surface area contributed by atoms with E-state index in [0.29, 0.717) is 10.6 Å². The molecule has 3 aromatic rings. The second kappa shape index (κ2) is 8.45.